The maximum absolute atomic E-state index is 13.9. The lowest BCUT2D eigenvalue weighted by Gasteiger charge is -2.27. The number of ether oxygens (including phenoxy) is 1. The molecule has 170 valence electrons. The molecule has 0 radical (unpaired) electrons. The minimum Gasteiger partial charge on any atom is -0.386 e. The van der Waals surface area contributed by atoms with E-state index in [0.29, 0.717) is 19.0 Å². The molecule has 0 aromatic heterocycles. The number of nitrogens with zero attached hydrogens (tertiary/aromatic N) is 2. The first-order valence-corrected chi connectivity index (χ1v) is 10.5. The first-order valence-electron chi connectivity index (χ1n) is 10.5. The largest absolute Gasteiger partial charge is 0.386 e. The van der Waals surface area contributed by atoms with Crippen molar-refractivity contribution in [1.29, 1.82) is 0 Å². The van der Waals surface area contributed by atoms with Crippen molar-refractivity contribution < 1.29 is 14.2 Å². The third-order valence-corrected chi connectivity index (χ3v) is 5.09. The van der Waals surface area contributed by atoms with E-state index in [1.807, 2.05) is 13.0 Å². The Kier molecular flexibility index (Phi) is 11.2. The van der Waals surface area contributed by atoms with Crippen LogP contribution in [0.5, 0.6) is 0 Å². The van der Waals surface area contributed by atoms with Crippen LogP contribution in [-0.4, -0.2) is 55.4 Å². The minimum absolute atomic E-state index is 0. The highest BCUT2D eigenvalue weighted by atomic mass is 127. The average Bonchev–Trinajstić information content (AvgIpc) is 2.77. The van der Waals surface area contributed by atoms with Crippen LogP contribution in [0.4, 0.5) is 4.39 Å². The summed E-state index contributed by atoms with van der Waals surface area (Å²) in [7, 11) is 0. The van der Waals surface area contributed by atoms with Gasteiger partial charge in [-0.15, -0.1) is 24.0 Å². The van der Waals surface area contributed by atoms with Crippen molar-refractivity contribution in [3.63, 3.8) is 0 Å². The number of rotatable bonds is 8. The number of hydrogen-bond acceptors (Lipinski definition) is 4. The molecule has 1 aliphatic heterocycles. The molecular weight excluding hydrogens is 510 g/mol. The summed E-state index contributed by atoms with van der Waals surface area (Å²) in [4.78, 5) is 7.06. The van der Waals surface area contributed by atoms with E-state index in [0.717, 1.165) is 38.4 Å². The van der Waals surface area contributed by atoms with Gasteiger partial charge in [-0.2, -0.15) is 0 Å². The number of halogens is 2. The van der Waals surface area contributed by atoms with Crippen molar-refractivity contribution in [1.82, 2.24) is 15.5 Å². The third-order valence-electron chi connectivity index (χ3n) is 5.09. The molecular formula is C23H32FIN4O2. The van der Waals surface area contributed by atoms with E-state index in [4.69, 9.17) is 4.74 Å². The summed E-state index contributed by atoms with van der Waals surface area (Å²) in [5, 5.41) is 16.6. The van der Waals surface area contributed by atoms with Gasteiger partial charge in [-0.05, 0) is 24.1 Å². The van der Waals surface area contributed by atoms with E-state index in [-0.39, 0.29) is 36.1 Å². The molecule has 0 spiro atoms. The van der Waals surface area contributed by atoms with Gasteiger partial charge < -0.3 is 20.5 Å². The molecule has 1 aliphatic rings. The lowest BCUT2D eigenvalue weighted by molar-refractivity contribution is 0.0341. The van der Waals surface area contributed by atoms with Crippen molar-refractivity contribution in [3.8, 4) is 0 Å². The number of aliphatic hydroxyl groups excluding tert-OH is 1. The zero-order chi connectivity index (χ0) is 21.2. The first kappa shape index (κ1) is 25.5. The first-order chi connectivity index (χ1) is 14.7. The van der Waals surface area contributed by atoms with Crippen molar-refractivity contribution >= 4 is 29.9 Å². The molecule has 3 N–H and O–H groups in total. The molecule has 2 aromatic carbocycles. The zero-order valence-corrected chi connectivity index (χ0v) is 20.2. The average molecular weight is 542 g/mol. The molecule has 6 nitrogen and oxygen atoms in total. The Morgan fingerprint density at radius 2 is 1.77 bits per heavy atom. The summed E-state index contributed by atoms with van der Waals surface area (Å²) in [5.41, 5.74) is 2.69. The Morgan fingerprint density at radius 3 is 2.48 bits per heavy atom. The molecule has 1 unspecified atom stereocenters. The lowest BCUT2D eigenvalue weighted by atomic mass is 10.1. The Hall–Kier alpha value is -1.75. The quantitative estimate of drug-likeness (QED) is 0.272. The summed E-state index contributed by atoms with van der Waals surface area (Å²) < 4.78 is 19.3. The van der Waals surface area contributed by atoms with Gasteiger partial charge in [0.25, 0.3) is 0 Å². The molecule has 1 saturated heterocycles. The van der Waals surface area contributed by atoms with Crippen LogP contribution in [0, 0.1) is 5.82 Å². The predicted octanol–water partition coefficient (Wildman–Crippen LogP) is 3.06. The Morgan fingerprint density at radius 1 is 1.10 bits per heavy atom. The minimum atomic E-state index is -0.955. The molecule has 8 heteroatoms. The van der Waals surface area contributed by atoms with Gasteiger partial charge in [-0.3, -0.25) is 4.90 Å². The van der Waals surface area contributed by atoms with Gasteiger partial charge in [0, 0.05) is 38.3 Å². The van der Waals surface area contributed by atoms with Crippen molar-refractivity contribution in [2.24, 2.45) is 4.99 Å². The van der Waals surface area contributed by atoms with Gasteiger partial charge in [0.2, 0.25) is 0 Å². The standard InChI is InChI=1S/C23H31FN4O2.HI/c1-2-25-23(27-16-22(29)20-9-5-6-10-21(20)24)26-15-18-7-3-4-8-19(18)17-28-11-13-30-14-12-28;/h3-10,22,29H,2,11-17H2,1H3,(H2,25,26,27);1H. The fraction of sp³-hybridized carbons (Fsp3) is 0.435. The maximum atomic E-state index is 13.9. The topological polar surface area (TPSA) is 69.1 Å². The molecule has 0 amide bonds. The molecule has 3 rings (SSSR count). The summed E-state index contributed by atoms with van der Waals surface area (Å²) in [6.07, 6.45) is -0.955. The van der Waals surface area contributed by atoms with Crippen LogP contribution in [-0.2, 0) is 17.8 Å². The van der Waals surface area contributed by atoms with E-state index < -0.39 is 11.9 Å². The highest BCUT2D eigenvalue weighted by molar-refractivity contribution is 14.0. The fourth-order valence-electron chi connectivity index (χ4n) is 3.42. The molecule has 2 aromatic rings. The highest BCUT2D eigenvalue weighted by Crippen LogP contribution is 2.16. The van der Waals surface area contributed by atoms with Crippen LogP contribution >= 0.6 is 24.0 Å². The van der Waals surface area contributed by atoms with Crippen molar-refractivity contribution in [2.45, 2.75) is 26.1 Å². The Labute approximate surface area is 200 Å². The second-order valence-electron chi connectivity index (χ2n) is 7.27. The van der Waals surface area contributed by atoms with Gasteiger partial charge in [-0.1, -0.05) is 42.5 Å². The normalized spacial score (nSPS) is 15.8. The summed E-state index contributed by atoms with van der Waals surface area (Å²) in [5.74, 6) is 0.180. The number of guanidine groups is 1. The Balaban J connectivity index is 0.00000341. The van der Waals surface area contributed by atoms with Gasteiger partial charge >= 0.3 is 0 Å². The van der Waals surface area contributed by atoms with Gasteiger partial charge in [-0.25, -0.2) is 9.38 Å². The second-order valence-corrected chi connectivity index (χ2v) is 7.27. The lowest BCUT2D eigenvalue weighted by Crippen LogP contribution is -2.39. The summed E-state index contributed by atoms with van der Waals surface area (Å²) in [6, 6.07) is 14.6. The second kappa shape index (κ2) is 13.6. The van der Waals surface area contributed by atoms with E-state index in [1.54, 1.807) is 18.2 Å². The monoisotopic (exact) mass is 542 g/mol. The number of hydrogen-bond donors (Lipinski definition) is 3. The highest BCUT2D eigenvalue weighted by Gasteiger charge is 2.14. The van der Waals surface area contributed by atoms with Crippen LogP contribution < -0.4 is 10.6 Å². The number of morpholine rings is 1. The van der Waals surface area contributed by atoms with E-state index >= 15 is 0 Å². The van der Waals surface area contributed by atoms with Crippen molar-refractivity contribution in [3.05, 3.63) is 71.0 Å². The number of nitrogens with one attached hydrogen (secondary N) is 2. The van der Waals surface area contributed by atoms with Gasteiger partial charge in [0.1, 0.15) is 5.82 Å². The molecule has 0 aliphatic carbocycles. The molecule has 0 bridgehead atoms. The van der Waals surface area contributed by atoms with Gasteiger partial charge in [0.05, 0.1) is 25.9 Å². The predicted molar refractivity (Wildman–Crippen MR) is 132 cm³/mol. The van der Waals surface area contributed by atoms with Crippen LogP contribution in [0.25, 0.3) is 0 Å². The molecule has 0 saturated carbocycles. The molecule has 31 heavy (non-hydrogen) atoms. The number of benzene rings is 2. The number of aliphatic imine (C=N–C) groups is 1. The van der Waals surface area contributed by atoms with Crippen LogP contribution in [0.15, 0.2) is 53.5 Å². The van der Waals surface area contributed by atoms with Crippen LogP contribution in [0.3, 0.4) is 0 Å². The number of aliphatic hydroxyl groups is 1. The Bertz CT molecular complexity index is 831. The zero-order valence-electron chi connectivity index (χ0n) is 17.9. The summed E-state index contributed by atoms with van der Waals surface area (Å²) in [6.45, 7) is 7.68. The van der Waals surface area contributed by atoms with Crippen LogP contribution in [0.1, 0.15) is 29.7 Å². The SMILES string of the molecule is CCNC(=NCc1ccccc1CN1CCOCC1)NCC(O)c1ccccc1F.I. The molecule has 1 fully saturated rings. The summed E-state index contributed by atoms with van der Waals surface area (Å²) >= 11 is 0. The maximum Gasteiger partial charge on any atom is 0.191 e. The van der Waals surface area contributed by atoms with E-state index in [9.17, 15) is 9.50 Å². The van der Waals surface area contributed by atoms with Crippen LogP contribution in [0.2, 0.25) is 0 Å². The fourth-order valence-corrected chi connectivity index (χ4v) is 3.42. The smallest absolute Gasteiger partial charge is 0.191 e. The molecule has 1 atom stereocenters. The molecule has 1 heterocycles. The van der Waals surface area contributed by atoms with E-state index in [1.165, 1.54) is 11.6 Å². The van der Waals surface area contributed by atoms with E-state index in [2.05, 4.69) is 38.7 Å². The third kappa shape index (κ3) is 8.03. The van der Waals surface area contributed by atoms with Crippen molar-refractivity contribution in [2.75, 3.05) is 39.4 Å². The van der Waals surface area contributed by atoms with Gasteiger partial charge in [0.15, 0.2) is 5.96 Å².